The van der Waals surface area contributed by atoms with E-state index >= 15 is 0 Å². The summed E-state index contributed by atoms with van der Waals surface area (Å²) in [6.07, 6.45) is 2.24. The van der Waals surface area contributed by atoms with Crippen molar-refractivity contribution >= 4 is 27.2 Å². The van der Waals surface area contributed by atoms with Crippen LogP contribution in [0.5, 0.6) is 0 Å². The fourth-order valence-electron chi connectivity index (χ4n) is 3.98. The van der Waals surface area contributed by atoms with E-state index in [1.807, 2.05) is 11.0 Å². The predicted molar refractivity (Wildman–Crippen MR) is 97.3 cm³/mol. The summed E-state index contributed by atoms with van der Waals surface area (Å²) in [7, 11) is -3.95. The molecule has 2 atom stereocenters. The van der Waals surface area contributed by atoms with Crippen molar-refractivity contribution in [2.75, 3.05) is 18.0 Å². The van der Waals surface area contributed by atoms with E-state index in [-0.39, 0.29) is 17.0 Å². The lowest BCUT2D eigenvalue weighted by Crippen LogP contribution is -2.70. The molecule has 6 rings (SSSR count). The van der Waals surface area contributed by atoms with E-state index in [9.17, 15) is 18.5 Å². The van der Waals surface area contributed by atoms with Gasteiger partial charge in [0.1, 0.15) is 12.1 Å². The molecule has 12 heteroatoms. The second-order valence-corrected chi connectivity index (χ2v) is 8.64. The first-order valence-corrected chi connectivity index (χ1v) is 10.1. The number of benzene rings is 1. The number of aromatic nitrogens is 4. The van der Waals surface area contributed by atoms with Gasteiger partial charge in [-0.15, -0.1) is 15.3 Å². The molecule has 11 nitrogen and oxygen atoms in total. The Labute approximate surface area is 159 Å². The number of fused-ring (bicyclic) bond motifs is 3. The van der Waals surface area contributed by atoms with Gasteiger partial charge in [0.15, 0.2) is 10.5 Å². The van der Waals surface area contributed by atoms with Crippen molar-refractivity contribution in [3.05, 3.63) is 52.8 Å². The van der Waals surface area contributed by atoms with E-state index in [0.29, 0.717) is 24.6 Å². The summed E-state index contributed by atoms with van der Waals surface area (Å²) in [4.78, 5) is 12.4. The fraction of sp³-hybridized carbons (Fsp3) is 0.312. The highest BCUT2D eigenvalue weighted by molar-refractivity contribution is 7.89. The summed E-state index contributed by atoms with van der Waals surface area (Å²) in [5.41, 5.74) is 0.232. The largest absolute Gasteiger partial charge is 0.352 e. The zero-order valence-electron chi connectivity index (χ0n) is 14.5. The second-order valence-electron chi connectivity index (χ2n) is 6.83. The summed E-state index contributed by atoms with van der Waals surface area (Å²) in [5, 5.41) is 23.4. The van der Waals surface area contributed by atoms with Gasteiger partial charge in [0.2, 0.25) is 0 Å². The molecule has 2 bridgehead atoms. The normalized spacial score (nSPS) is 22.2. The van der Waals surface area contributed by atoms with E-state index in [1.165, 1.54) is 34.9 Å². The molecule has 3 aromatic rings. The monoisotopic (exact) mass is 401 g/mol. The van der Waals surface area contributed by atoms with Gasteiger partial charge in [-0.25, -0.2) is 8.42 Å². The van der Waals surface area contributed by atoms with Crippen LogP contribution in [0.15, 0.2) is 47.6 Å². The average molecular weight is 401 g/mol. The number of nitro benzene ring substituents is 1. The zero-order valence-corrected chi connectivity index (χ0v) is 15.3. The first-order valence-electron chi connectivity index (χ1n) is 8.64. The van der Waals surface area contributed by atoms with Gasteiger partial charge in [-0.1, -0.05) is 12.1 Å². The number of para-hydroxylation sites is 1. The first-order chi connectivity index (χ1) is 13.4. The van der Waals surface area contributed by atoms with Gasteiger partial charge in [-0.2, -0.15) is 8.82 Å². The molecular weight excluding hydrogens is 386 g/mol. The summed E-state index contributed by atoms with van der Waals surface area (Å²) >= 11 is 0. The average Bonchev–Trinajstić information content (AvgIpc) is 3.15. The summed E-state index contributed by atoms with van der Waals surface area (Å²) < 4.78 is 29.2. The van der Waals surface area contributed by atoms with Crippen LogP contribution in [0, 0.1) is 10.1 Å². The number of piperidine rings is 1. The number of hydrogen-bond acceptors (Lipinski definition) is 8. The smallest absolute Gasteiger partial charge is 0.289 e. The summed E-state index contributed by atoms with van der Waals surface area (Å²) in [5.74, 6) is 0.713. The Balaban J connectivity index is 1.42. The number of nitrogens with zero attached hydrogens (tertiary/aromatic N) is 7. The van der Waals surface area contributed by atoms with E-state index in [0.717, 1.165) is 6.42 Å². The van der Waals surface area contributed by atoms with Crippen LogP contribution >= 0.6 is 0 Å². The van der Waals surface area contributed by atoms with Crippen LogP contribution in [0.4, 0.5) is 11.5 Å². The number of nitro groups is 1. The molecular formula is C16H15N7O4S. The van der Waals surface area contributed by atoms with Crippen molar-refractivity contribution in [3.8, 4) is 0 Å². The molecule has 1 aromatic carbocycles. The highest BCUT2D eigenvalue weighted by Crippen LogP contribution is 2.40. The summed E-state index contributed by atoms with van der Waals surface area (Å²) in [6.45, 7) is 0.938. The summed E-state index contributed by atoms with van der Waals surface area (Å²) in [6, 6.07) is 8.60. The van der Waals surface area contributed by atoms with E-state index < -0.39 is 20.6 Å². The first kappa shape index (κ1) is 17.0. The van der Waals surface area contributed by atoms with E-state index in [2.05, 4.69) is 15.3 Å². The molecule has 3 aliphatic rings. The number of rotatable bonds is 4. The van der Waals surface area contributed by atoms with Crippen molar-refractivity contribution in [3.63, 3.8) is 0 Å². The maximum absolute atomic E-state index is 13.1. The third-order valence-electron chi connectivity index (χ3n) is 5.22. The Kier molecular flexibility index (Phi) is 3.61. The molecule has 0 radical (unpaired) electrons. The van der Waals surface area contributed by atoms with Crippen molar-refractivity contribution in [2.24, 2.45) is 0 Å². The molecule has 0 N–H and O–H groups in total. The molecule has 3 aliphatic heterocycles. The molecule has 0 aliphatic carbocycles. The minimum absolute atomic E-state index is 0.248. The van der Waals surface area contributed by atoms with Crippen LogP contribution < -0.4 is 4.90 Å². The molecule has 0 spiro atoms. The topological polar surface area (TPSA) is 127 Å². The molecule has 3 saturated heterocycles. The minimum atomic E-state index is -3.95. The Morgan fingerprint density at radius 1 is 1.11 bits per heavy atom. The van der Waals surface area contributed by atoms with Crippen LogP contribution in [0.2, 0.25) is 0 Å². The number of sulfonamides is 1. The zero-order chi connectivity index (χ0) is 19.5. The molecule has 144 valence electrons. The molecule has 0 amide bonds. The van der Waals surface area contributed by atoms with Crippen LogP contribution in [0.25, 0.3) is 5.65 Å². The third-order valence-corrected chi connectivity index (χ3v) is 7.27. The van der Waals surface area contributed by atoms with Gasteiger partial charge < -0.3 is 4.90 Å². The van der Waals surface area contributed by atoms with Crippen molar-refractivity contribution in [1.82, 2.24) is 24.1 Å². The standard InChI is InChI=1S/C16H15N7O4S/c24-23(25)13-3-1-2-4-14(13)28(26,27)22-11-7-12(22)9-20(8-11)16-6-5-15-18-17-10-21(15)19-16/h1-6,10-12H,7-9H2. The van der Waals surface area contributed by atoms with Gasteiger partial charge in [-0.3, -0.25) is 10.1 Å². The maximum atomic E-state index is 13.1. The predicted octanol–water partition coefficient (Wildman–Crippen LogP) is 0.684. The second kappa shape index (κ2) is 5.94. The highest BCUT2D eigenvalue weighted by atomic mass is 32.2. The van der Waals surface area contributed by atoms with Crippen LogP contribution in [0.1, 0.15) is 6.42 Å². The Bertz CT molecular complexity index is 1180. The van der Waals surface area contributed by atoms with Crippen molar-refractivity contribution in [2.45, 2.75) is 23.4 Å². The SMILES string of the molecule is O=[N+]([O-])c1ccccc1S(=O)(=O)N1C2CC1CN(c1ccc3nncn3n1)C2. The number of anilines is 1. The number of piperazine rings is 1. The Hall–Kier alpha value is -3.12. The van der Waals surface area contributed by atoms with Gasteiger partial charge in [0.25, 0.3) is 15.7 Å². The lowest BCUT2D eigenvalue weighted by atomic mass is 9.91. The van der Waals surface area contributed by atoms with E-state index in [4.69, 9.17) is 0 Å². The van der Waals surface area contributed by atoms with Crippen molar-refractivity contribution < 1.29 is 13.3 Å². The molecule has 3 fully saturated rings. The third kappa shape index (κ3) is 2.45. The van der Waals surface area contributed by atoms with Gasteiger partial charge in [0.05, 0.1) is 4.92 Å². The molecule has 28 heavy (non-hydrogen) atoms. The lowest BCUT2D eigenvalue weighted by Gasteiger charge is -2.55. The maximum Gasteiger partial charge on any atom is 0.289 e. The van der Waals surface area contributed by atoms with Gasteiger partial charge >= 0.3 is 0 Å². The lowest BCUT2D eigenvalue weighted by molar-refractivity contribution is -0.387. The Morgan fingerprint density at radius 2 is 1.86 bits per heavy atom. The van der Waals surface area contributed by atoms with Crippen LogP contribution in [0.3, 0.4) is 0 Å². The molecule has 2 aromatic heterocycles. The fourth-order valence-corrected chi connectivity index (χ4v) is 5.96. The number of hydrogen-bond donors (Lipinski definition) is 0. The molecule has 5 heterocycles. The quantitative estimate of drug-likeness (QED) is 0.461. The van der Waals surface area contributed by atoms with E-state index in [1.54, 1.807) is 10.6 Å². The minimum Gasteiger partial charge on any atom is -0.352 e. The highest BCUT2D eigenvalue weighted by Gasteiger charge is 2.52. The Morgan fingerprint density at radius 3 is 2.61 bits per heavy atom. The van der Waals surface area contributed by atoms with Crippen LogP contribution in [-0.4, -0.2) is 62.6 Å². The molecule has 2 unspecified atom stereocenters. The molecule has 0 saturated carbocycles. The van der Waals surface area contributed by atoms with Gasteiger partial charge in [0, 0.05) is 31.2 Å². The van der Waals surface area contributed by atoms with Gasteiger partial charge in [-0.05, 0) is 24.6 Å². The van der Waals surface area contributed by atoms with Crippen LogP contribution in [-0.2, 0) is 10.0 Å². The van der Waals surface area contributed by atoms with Crippen molar-refractivity contribution in [1.29, 1.82) is 0 Å².